The fourth-order valence-electron chi connectivity index (χ4n) is 2.45. The molecule has 1 unspecified atom stereocenters. The molecular formula is C14H20BrNO. The summed E-state index contributed by atoms with van der Waals surface area (Å²) in [6, 6.07) is 9.31. The molecule has 1 saturated carbocycles. The molecular weight excluding hydrogens is 278 g/mol. The molecule has 0 aromatic heterocycles. The zero-order valence-corrected chi connectivity index (χ0v) is 11.8. The zero-order chi connectivity index (χ0) is 12.3. The molecule has 0 spiro atoms. The Morgan fingerprint density at radius 3 is 2.71 bits per heavy atom. The third kappa shape index (κ3) is 3.09. The van der Waals surface area contributed by atoms with E-state index in [0.717, 1.165) is 6.42 Å². The van der Waals surface area contributed by atoms with Gasteiger partial charge in [-0.2, -0.15) is 0 Å². The third-order valence-electron chi connectivity index (χ3n) is 3.67. The predicted octanol–water partition coefficient (Wildman–Crippen LogP) is 3.06. The van der Waals surface area contributed by atoms with Crippen LogP contribution in [0.4, 0.5) is 0 Å². The number of hydrogen-bond donors (Lipinski definition) is 2. The molecule has 1 aromatic carbocycles. The second-order valence-electron chi connectivity index (χ2n) is 4.84. The lowest BCUT2D eigenvalue weighted by atomic mass is 9.75. The van der Waals surface area contributed by atoms with Gasteiger partial charge in [-0.25, -0.2) is 0 Å². The Balaban J connectivity index is 1.85. The van der Waals surface area contributed by atoms with E-state index in [1.807, 2.05) is 0 Å². The highest BCUT2D eigenvalue weighted by molar-refractivity contribution is 9.10. The van der Waals surface area contributed by atoms with Crippen LogP contribution in [-0.4, -0.2) is 23.8 Å². The van der Waals surface area contributed by atoms with Crippen molar-refractivity contribution in [2.45, 2.75) is 44.2 Å². The highest BCUT2D eigenvalue weighted by Crippen LogP contribution is 2.40. The Labute approximate surface area is 112 Å². The summed E-state index contributed by atoms with van der Waals surface area (Å²) in [6.07, 6.45) is 3.35. The largest absolute Gasteiger partial charge is 0.395 e. The Bertz CT molecular complexity index is 359. The van der Waals surface area contributed by atoms with Gasteiger partial charge in [0.1, 0.15) is 0 Å². The molecule has 1 atom stereocenters. The summed E-state index contributed by atoms with van der Waals surface area (Å²) in [4.78, 5) is 0. The minimum absolute atomic E-state index is 0.243. The molecule has 2 N–H and O–H groups in total. The monoisotopic (exact) mass is 297 g/mol. The van der Waals surface area contributed by atoms with Gasteiger partial charge in [0, 0.05) is 16.6 Å². The fourth-order valence-corrected chi connectivity index (χ4v) is 3.06. The molecule has 17 heavy (non-hydrogen) atoms. The SMILES string of the molecule is CCC(CO)NC1CC(c2ccccc2Br)C1. The number of nitrogens with one attached hydrogen (secondary N) is 1. The number of aliphatic hydroxyl groups excluding tert-OH is 1. The predicted molar refractivity (Wildman–Crippen MR) is 74.2 cm³/mol. The van der Waals surface area contributed by atoms with Crippen LogP contribution >= 0.6 is 15.9 Å². The van der Waals surface area contributed by atoms with E-state index in [-0.39, 0.29) is 12.6 Å². The van der Waals surface area contributed by atoms with Crippen molar-refractivity contribution in [3.63, 3.8) is 0 Å². The van der Waals surface area contributed by atoms with Crippen molar-refractivity contribution >= 4 is 15.9 Å². The Morgan fingerprint density at radius 1 is 1.41 bits per heavy atom. The van der Waals surface area contributed by atoms with E-state index >= 15 is 0 Å². The van der Waals surface area contributed by atoms with Crippen LogP contribution in [0.5, 0.6) is 0 Å². The highest BCUT2D eigenvalue weighted by atomic mass is 79.9. The number of rotatable bonds is 5. The molecule has 1 aliphatic carbocycles. The summed E-state index contributed by atoms with van der Waals surface area (Å²) in [5.74, 6) is 0.666. The molecule has 1 fully saturated rings. The Morgan fingerprint density at radius 2 is 2.12 bits per heavy atom. The third-order valence-corrected chi connectivity index (χ3v) is 4.39. The lowest BCUT2D eigenvalue weighted by molar-refractivity contribution is 0.193. The van der Waals surface area contributed by atoms with E-state index in [1.54, 1.807) is 0 Å². The first-order chi connectivity index (χ1) is 8.24. The smallest absolute Gasteiger partial charge is 0.0584 e. The number of aliphatic hydroxyl groups is 1. The zero-order valence-electron chi connectivity index (χ0n) is 10.2. The van der Waals surface area contributed by atoms with Crippen molar-refractivity contribution in [2.24, 2.45) is 0 Å². The molecule has 0 amide bonds. The molecule has 0 heterocycles. The van der Waals surface area contributed by atoms with Crippen molar-refractivity contribution in [1.82, 2.24) is 5.32 Å². The van der Waals surface area contributed by atoms with E-state index in [2.05, 4.69) is 52.4 Å². The number of benzene rings is 1. The van der Waals surface area contributed by atoms with Crippen LogP contribution in [0.2, 0.25) is 0 Å². The first kappa shape index (κ1) is 13.1. The molecule has 1 aliphatic rings. The maximum Gasteiger partial charge on any atom is 0.0584 e. The van der Waals surface area contributed by atoms with Gasteiger partial charge in [-0.15, -0.1) is 0 Å². The molecule has 2 rings (SSSR count). The number of hydrogen-bond acceptors (Lipinski definition) is 2. The quantitative estimate of drug-likeness (QED) is 0.875. The van der Waals surface area contributed by atoms with Gasteiger partial charge in [0.05, 0.1) is 6.61 Å². The van der Waals surface area contributed by atoms with Crippen molar-refractivity contribution in [3.05, 3.63) is 34.3 Å². The summed E-state index contributed by atoms with van der Waals surface area (Å²) in [5.41, 5.74) is 1.42. The average molecular weight is 298 g/mol. The van der Waals surface area contributed by atoms with Crippen molar-refractivity contribution in [3.8, 4) is 0 Å². The van der Waals surface area contributed by atoms with E-state index in [1.165, 1.54) is 22.9 Å². The average Bonchev–Trinajstić information content (AvgIpc) is 2.30. The molecule has 3 heteroatoms. The van der Waals surface area contributed by atoms with Crippen LogP contribution in [0.3, 0.4) is 0 Å². The van der Waals surface area contributed by atoms with Gasteiger partial charge in [-0.3, -0.25) is 0 Å². The van der Waals surface area contributed by atoms with Crippen molar-refractivity contribution in [2.75, 3.05) is 6.61 Å². The lowest BCUT2D eigenvalue weighted by Gasteiger charge is -2.38. The second kappa shape index (κ2) is 5.98. The van der Waals surface area contributed by atoms with Gasteiger partial charge in [0.25, 0.3) is 0 Å². The van der Waals surface area contributed by atoms with Gasteiger partial charge in [-0.05, 0) is 36.8 Å². The van der Waals surface area contributed by atoms with E-state index in [0.29, 0.717) is 12.0 Å². The van der Waals surface area contributed by atoms with Crippen LogP contribution in [0, 0.1) is 0 Å². The topological polar surface area (TPSA) is 32.3 Å². The highest BCUT2D eigenvalue weighted by Gasteiger charge is 2.32. The van der Waals surface area contributed by atoms with Crippen LogP contribution in [0.15, 0.2) is 28.7 Å². The first-order valence-electron chi connectivity index (χ1n) is 6.36. The molecule has 2 nitrogen and oxygen atoms in total. The summed E-state index contributed by atoms with van der Waals surface area (Å²) in [7, 11) is 0. The summed E-state index contributed by atoms with van der Waals surface area (Å²) in [5, 5.41) is 12.7. The van der Waals surface area contributed by atoms with E-state index in [9.17, 15) is 0 Å². The standard InChI is InChI=1S/C14H20BrNO/c1-2-11(9-17)16-12-7-10(8-12)13-5-3-4-6-14(13)15/h3-6,10-12,16-17H,2,7-9H2,1H3. The first-order valence-corrected chi connectivity index (χ1v) is 7.15. The molecule has 1 aromatic rings. The Kier molecular flexibility index (Phi) is 4.60. The molecule has 0 radical (unpaired) electrons. The summed E-state index contributed by atoms with van der Waals surface area (Å²) >= 11 is 3.61. The van der Waals surface area contributed by atoms with Crippen LogP contribution < -0.4 is 5.32 Å². The van der Waals surface area contributed by atoms with E-state index < -0.39 is 0 Å². The number of halogens is 1. The summed E-state index contributed by atoms with van der Waals surface area (Å²) < 4.78 is 1.22. The van der Waals surface area contributed by atoms with Gasteiger partial charge in [0.2, 0.25) is 0 Å². The van der Waals surface area contributed by atoms with Crippen molar-refractivity contribution in [1.29, 1.82) is 0 Å². The fraction of sp³-hybridized carbons (Fsp3) is 0.571. The molecule has 0 saturated heterocycles. The maximum absolute atomic E-state index is 9.15. The molecule has 0 aliphatic heterocycles. The lowest BCUT2D eigenvalue weighted by Crippen LogP contribution is -2.46. The van der Waals surface area contributed by atoms with Gasteiger partial charge in [-0.1, -0.05) is 41.1 Å². The van der Waals surface area contributed by atoms with Crippen LogP contribution in [0.25, 0.3) is 0 Å². The van der Waals surface area contributed by atoms with E-state index in [4.69, 9.17) is 5.11 Å². The molecule has 0 bridgehead atoms. The van der Waals surface area contributed by atoms with Gasteiger partial charge in [0.15, 0.2) is 0 Å². The van der Waals surface area contributed by atoms with Gasteiger partial charge < -0.3 is 10.4 Å². The maximum atomic E-state index is 9.15. The van der Waals surface area contributed by atoms with Crippen molar-refractivity contribution < 1.29 is 5.11 Å². The molecule has 94 valence electrons. The summed E-state index contributed by atoms with van der Waals surface area (Å²) in [6.45, 7) is 2.35. The second-order valence-corrected chi connectivity index (χ2v) is 5.70. The minimum atomic E-state index is 0.243. The Hall–Kier alpha value is -0.380. The van der Waals surface area contributed by atoms with Crippen LogP contribution in [0.1, 0.15) is 37.7 Å². The normalized spacial score (nSPS) is 25.4. The minimum Gasteiger partial charge on any atom is -0.395 e. The van der Waals surface area contributed by atoms with Gasteiger partial charge >= 0.3 is 0 Å². The van der Waals surface area contributed by atoms with Crippen LogP contribution in [-0.2, 0) is 0 Å².